The molecule has 1 unspecified atom stereocenters. The summed E-state index contributed by atoms with van der Waals surface area (Å²) in [6, 6.07) is 3.89. The summed E-state index contributed by atoms with van der Waals surface area (Å²) in [6.07, 6.45) is 6.59. The first-order chi connectivity index (χ1) is 7.24. The van der Waals surface area contributed by atoms with Crippen LogP contribution in [0.15, 0.2) is 12.1 Å². The van der Waals surface area contributed by atoms with Gasteiger partial charge >= 0.3 is 0 Å². The molecule has 0 fully saturated rings. The average molecular weight is 202 g/mol. The van der Waals surface area contributed by atoms with Crippen molar-refractivity contribution in [3.63, 3.8) is 0 Å². The number of hydrogen-bond donors (Lipinski definition) is 0. The number of terminal acetylenes is 1. The third-order valence-corrected chi connectivity index (χ3v) is 2.45. The lowest BCUT2D eigenvalue weighted by Crippen LogP contribution is -2.05. The van der Waals surface area contributed by atoms with Gasteiger partial charge in [0.15, 0.2) is 0 Å². The van der Waals surface area contributed by atoms with Crippen molar-refractivity contribution in [1.29, 1.82) is 0 Å². The third kappa shape index (κ3) is 1.78. The Kier molecular flexibility index (Phi) is 2.55. The maximum Gasteiger partial charge on any atom is 0.135 e. The molecule has 0 radical (unpaired) electrons. The highest BCUT2D eigenvalue weighted by Crippen LogP contribution is 2.34. The SMILES string of the molecule is C#Cc1cc2c(cc1OCC)CC(C)O2. The van der Waals surface area contributed by atoms with E-state index in [1.807, 2.05) is 19.1 Å². The van der Waals surface area contributed by atoms with E-state index in [2.05, 4.69) is 12.8 Å². The number of fused-ring (bicyclic) bond motifs is 1. The van der Waals surface area contributed by atoms with Gasteiger partial charge in [-0.05, 0) is 26.0 Å². The normalized spacial score (nSPS) is 17.8. The summed E-state index contributed by atoms with van der Waals surface area (Å²) < 4.78 is 11.1. The Morgan fingerprint density at radius 3 is 3.07 bits per heavy atom. The molecule has 1 heterocycles. The van der Waals surface area contributed by atoms with Crippen LogP contribution in [0.4, 0.5) is 0 Å². The summed E-state index contributed by atoms with van der Waals surface area (Å²) in [5.74, 6) is 4.31. The van der Waals surface area contributed by atoms with Gasteiger partial charge in [0.25, 0.3) is 0 Å². The van der Waals surface area contributed by atoms with Crippen LogP contribution in [0.3, 0.4) is 0 Å². The molecule has 15 heavy (non-hydrogen) atoms. The van der Waals surface area contributed by atoms with Crippen molar-refractivity contribution in [1.82, 2.24) is 0 Å². The van der Waals surface area contributed by atoms with Gasteiger partial charge in [0.2, 0.25) is 0 Å². The maximum atomic E-state index is 5.63. The van der Waals surface area contributed by atoms with Crippen LogP contribution in [0.1, 0.15) is 25.0 Å². The molecule has 0 N–H and O–H groups in total. The number of ether oxygens (including phenoxy) is 2. The smallest absolute Gasteiger partial charge is 0.135 e. The molecule has 0 spiro atoms. The summed E-state index contributed by atoms with van der Waals surface area (Å²) in [7, 11) is 0. The lowest BCUT2D eigenvalue weighted by Gasteiger charge is -2.08. The zero-order valence-corrected chi connectivity index (χ0v) is 9.04. The van der Waals surface area contributed by atoms with E-state index in [1.54, 1.807) is 0 Å². The van der Waals surface area contributed by atoms with E-state index >= 15 is 0 Å². The average Bonchev–Trinajstić information content (AvgIpc) is 2.56. The summed E-state index contributed by atoms with van der Waals surface area (Å²) in [6.45, 7) is 4.63. The van der Waals surface area contributed by atoms with Gasteiger partial charge in [-0.1, -0.05) is 5.92 Å². The van der Waals surface area contributed by atoms with E-state index in [-0.39, 0.29) is 6.10 Å². The highest BCUT2D eigenvalue weighted by molar-refractivity contribution is 5.54. The van der Waals surface area contributed by atoms with E-state index < -0.39 is 0 Å². The Bertz CT molecular complexity index is 415. The number of rotatable bonds is 2. The van der Waals surface area contributed by atoms with Crippen LogP contribution in [-0.4, -0.2) is 12.7 Å². The number of benzene rings is 1. The van der Waals surface area contributed by atoms with Crippen LogP contribution >= 0.6 is 0 Å². The number of hydrogen-bond acceptors (Lipinski definition) is 2. The van der Waals surface area contributed by atoms with Crippen molar-refractivity contribution in [3.05, 3.63) is 23.3 Å². The first kappa shape index (κ1) is 9.92. The quantitative estimate of drug-likeness (QED) is 0.685. The zero-order valence-electron chi connectivity index (χ0n) is 9.04. The lowest BCUT2D eigenvalue weighted by molar-refractivity contribution is 0.254. The molecule has 1 aromatic carbocycles. The van der Waals surface area contributed by atoms with Crippen molar-refractivity contribution < 1.29 is 9.47 Å². The minimum atomic E-state index is 0.238. The fraction of sp³-hybridized carbons (Fsp3) is 0.385. The molecule has 1 atom stereocenters. The Morgan fingerprint density at radius 2 is 2.40 bits per heavy atom. The minimum Gasteiger partial charge on any atom is -0.493 e. The molecular weight excluding hydrogens is 188 g/mol. The Balaban J connectivity index is 2.42. The molecule has 78 valence electrons. The van der Waals surface area contributed by atoms with Crippen molar-refractivity contribution in [2.45, 2.75) is 26.4 Å². The van der Waals surface area contributed by atoms with Gasteiger partial charge in [-0.25, -0.2) is 0 Å². The summed E-state index contributed by atoms with van der Waals surface area (Å²) in [5, 5.41) is 0. The van der Waals surface area contributed by atoms with Crippen LogP contribution in [0.25, 0.3) is 0 Å². The monoisotopic (exact) mass is 202 g/mol. The van der Waals surface area contributed by atoms with Crippen molar-refractivity contribution in [2.24, 2.45) is 0 Å². The second-order valence-electron chi connectivity index (χ2n) is 3.67. The second kappa shape index (κ2) is 3.86. The molecule has 0 saturated carbocycles. The fourth-order valence-corrected chi connectivity index (χ4v) is 1.83. The van der Waals surface area contributed by atoms with Gasteiger partial charge in [-0.3, -0.25) is 0 Å². The van der Waals surface area contributed by atoms with Crippen LogP contribution in [0.5, 0.6) is 11.5 Å². The van der Waals surface area contributed by atoms with Crippen molar-refractivity contribution in [2.75, 3.05) is 6.61 Å². The first-order valence-electron chi connectivity index (χ1n) is 5.17. The largest absolute Gasteiger partial charge is 0.493 e. The molecule has 2 heteroatoms. The Labute approximate surface area is 90.2 Å². The van der Waals surface area contributed by atoms with Gasteiger partial charge in [0, 0.05) is 12.0 Å². The van der Waals surface area contributed by atoms with Crippen LogP contribution in [0.2, 0.25) is 0 Å². The Morgan fingerprint density at radius 1 is 1.60 bits per heavy atom. The van der Waals surface area contributed by atoms with E-state index in [9.17, 15) is 0 Å². The van der Waals surface area contributed by atoms with Gasteiger partial charge in [-0.2, -0.15) is 0 Å². The fourth-order valence-electron chi connectivity index (χ4n) is 1.83. The molecule has 0 aromatic heterocycles. The van der Waals surface area contributed by atoms with E-state index in [0.717, 1.165) is 23.5 Å². The standard InChI is InChI=1S/C13H14O2/c1-4-10-7-13-11(6-9(3)15-13)8-12(10)14-5-2/h1,7-9H,5-6H2,2-3H3. The summed E-state index contributed by atoms with van der Waals surface area (Å²) >= 11 is 0. The van der Waals surface area contributed by atoms with Gasteiger partial charge < -0.3 is 9.47 Å². The van der Waals surface area contributed by atoms with Crippen LogP contribution in [-0.2, 0) is 6.42 Å². The van der Waals surface area contributed by atoms with Crippen LogP contribution < -0.4 is 9.47 Å². The molecule has 0 bridgehead atoms. The third-order valence-electron chi connectivity index (χ3n) is 2.45. The topological polar surface area (TPSA) is 18.5 Å². The Hall–Kier alpha value is -1.62. The zero-order chi connectivity index (χ0) is 10.8. The van der Waals surface area contributed by atoms with E-state index in [4.69, 9.17) is 15.9 Å². The van der Waals surface area contributed by atoms with Gasteiger partial charge in [-0.15, -0.1) is 6.42 Å². The summed E-state index contributed by atoms with van der Waals surface area (Å²) in [4.78, 5) is 0. The van der Waals surface area contributed by atoms with E-state index in [1.165, 1.54) is 5.56 Å². The van der Waals surface area contributed by atoms with Crippen LogP contribution in [0, 0.1) is 12.3 Å². The van der Waals surface area contributed by atoms with E-state index in [0.29, 0.717) is 6.61 Å². The lowest BCUT2D eigenvalue weighted by atomic mass is 10.1. The second-order valence-corrected chi connectivity index (χ2v) is 3.67. The predicted molar refractivity (Wildman–Crippen MR) is 59.3 cm³/mol. The molecule has 2 nitrogen and oxygen atoms in total. The minimum absolute atomic E-state index is 0.238. The molecule has 0 saturated heterocycles. The highest BCUT2D eigenvalue weighted by Gasteiger charge is 2.21. The predicted octanol–water partition coefficient (Wildman–Crippen LogP) is 2.39. The molecular formula is C13H14O2. The first-order valence-corrected chi connectivity index (χ1v) is 5.17. The molecule has 2 rings (SSSR count). The van der Waals surface area contributed by atoms with Gasteiger partial charge in [0.05, 0.1) is 12.2 Å². The molecule has 1 aliphatic rings. The molecule has 0 aliphatic carbocycles. The van der Waals surface area contributed by atoms with Gasteiger partial charge in [0.1, 0.15) is 17.6 Å². The maximum absolute atomic E-state index is 5.63. The molecule has 1 aliphatic heterocycles. The highest BCUT2D eigenvalue weighted by atomic mass is 16.5. The molecule has 0 amide bonds. The summed E-state index contributed by atoms with van der Waals surface area (Å²) in [5.41, 5.74) is 1.95. The van der Waals surface area contributed by atoms with Crippen molar-refractivity contribution >= 4 is 0 Å². The molecule has 1 aromatic rings. The van der Waals surface area contributed by atoms with Crippen molar-refractivity contribution in [3.8, 4) is 23.8 Å².